The first-order valence-electron chi connectivity index (χ1n) is 9.14. The number of hydrogen-bond acceptors (Lipinski definition) is 3. The molecule has 2 amide bonds. The highest BCUT2D eigenvalue weighted by Crippen LogP contribution is 2.16. The minimum absolute atomic E-state index is 0.144. The van der Waals surface area contributed by atoms with E-state index in [1.165, 1.54) is 12.3 Å². The SMILES string of the molecule is Cc1ccc(NC(=O)c2cc(C(=O)NC(C)c3ccccc3)ccn2)cc1C. The summed E-state index contributed by atoms with van der Waals surface area (Å²) in [5.74, 6) is -0.604. The first-order valence-corrected chi connectivity index (χ1v) is 9.14. The molecule has 0 aliphatic rings. The Morgan fingerprint density at radius 3 is 2.36 bits per heavy atom. The van der Waals surface area contributed by atoms with E-state index in [1.54, 1.807) is 6.07 Å². The maximum Gasteiger partial charge on any atom is 0.274 e. The molecule has 1 aromatic heterocycles. The number of carbonyl (C=O) groups excluding carboxylic acids is 2. The van der Waals surface area contributed by atoms with Crippen LogP contribution in [0.25, 0.3) is 0 Å². The van der Waals surface area contributed by atoms with Crippen molar-refractivity contribution < 1.29 is 9.59 Å². The zero-order valence-electron chi connectivity index (χ0n) is 16.2. The third kappa shape index (κ3) is 4.62. The largest absolute Gasteiger partial charge is 0.346 e. The fourth-order valence-electron chi connectivity index (χ4n) is 2.82. The molecule has 0 radical (unpaired) electrons. The molecule has 142 valence electrons. The van der Waals surface area contributed by atoms with Gasteiger partial charge in [-0.2, -0.15) is 0 Å². The summed E-state index contributed by atoms with van der Waals surface area (Å²) in [7, 11) is 0. The molecule has 3 aromatic rings. The molecule has 0 aliphatic heterocycles. The van der Waals surface area contributed by atoms with Crippen LogP contribution in [0.4, 0.5) is 5.69 Å². The molecule has 2 aromatic carbocycles. The molecule has 1 heterocycles. The van der Waals surface area contributed by atoms with Crippen molar-refractivity contribution in [3.63, 3.8) is 0 Å². The fraction of sp³-hybridized carbons (Fsp3) is 0.174. The molecule has 1 unspecified atom stereocenters. The van der Waals surface area contributed by atoms with Crippen LogP contribution in [-0.4, -0.2) is 16.8 Å². The van der Waals surface area contributed by atoms with Crippen LogP contribution in [0, 0.1) is 13.8 Å². The van der Waals surface area contributed by atoms with E-state index < -0.39 is 0 Å². The Morgan fingerprint density at radius 1 is 0.893 bits per heavy atom. The third-order valence-electron chi connectivity index (χ3n) is 4.67. The second-order valence-electron chi connectivity index (χ2n) is 6.79. The molecule has 0 bridgehead atoms. The molecule has 2 N–H and O–H groups in total. The molecule has 1 atom stereocenters. The zero-order chi connectivity index (χ0) is 20.1. The average molecular weight is 373 g/mol. The molecule has 0 saturated carbocycles. The molecule has 0 saturated heterocycles. The van der Waals surface area contributed by atoms with Crippen LogP contribution in [-0.2, 0) is 0 Å². The predicted molar refractivity (Wildman–Crippen MR) is 110 cm³/mol. The number of aryl methyl sites for hydroxylation is 2. The van der Waals surface area contributed by atoms with E-state index in [0.717, 1.165) is 16.7 Å². The summed E-state index contributed by atoms with van der Waals surface area (Å²) in [5, 5.41) is 5.77. The first-order chi connectivity index (χ1) is 13.4. The predicted octanol–water partition coefficient (Wildman–Crippen LogP) is 4.44. The second-order valence-corrected chi connectivity index (χ2v) is 6.79. The van der Waals surface area contributed by atoms with Crippen molar-refractivity contribution in [2.24, 2.45) is 0 Å². The molecule has 0 aliphatic carbocycles. The Kier molecular flexibility index (Phi) is 5.84. The van der Waals surface area contributed by atoms with Crippen LogP contribution < -0.4 is 10.6 Å². The molecule has 5 nitrogen and oxygen atoms in total. The van der Waals surface area contributed by atoms with Gasteiger partial charge in [-0.25, -0.2) is 0 Å². The van der Waals surface area contributed by atoms with E-state index in [0.29, 0.717) is 11.3 Å². The Bertz CT molecular complexity index is 1000. The highest BCUT2D eigenvalue weighted by atomic mass is 16.2. The zero-order valence-corrected chi connectivity index (χ0v) is 16.2. The molecular weight excluding hydrogens is 350 g/mol. The van der Waals surface area contributed by atoms with Gasteiger partial charge in [0.1, 0.15) is 5.69 Å². The number of nitrogens with zero attached hydrogens (tertiary/aromatic N) is 1. The van der Waals surface area contributed by atoms with Gasteiger partial charge in [0.25, 0.3) is 11.8 Å². The smallest absolute Gasteiger partial charge is 0.274 e. The lowest BCUT2D eigenvalue weighted by Crippen LogP contribution is -2.27. The number of hydrogen-bond donors (Lipinski definition) is 2. The van der Waals surface area contributed by atoms with Gasteiger partial charge >= 0.3 is 0 Å². The molecule has 0 spiro atoms. The fourth-order valence-corrected chi connectivity index (χ4v) is 2.82. The number of anilines is 1. The third-order valence-corrected chi connectivity index (χ3v) is 4.67. The van der Waals surface area contributed by atoms with Crippen LogP contribution >= 0.6 is 0 Å². The van der Waals surface area contributed by atoms with Crippen molar-refractivity contribution in [2.75, 3.05) is 5.32 Å². The lowest BCUT2D eigenvalue weighted by atomic mass is 10.1. The van der Waals surface area contributed by atoms with Gasteiger partial charge in [0.15, 0.2) is 0 Å². The van der Waals surface area contributed by atoms with Crippen molar-refractivity contribution in [3.8, 4) is 0 Å². The number of pyridine rings is 1. The average Bonchev–Trinajstić information content (AvgIpc) is 2.71. The van der Waals surface area contributed by atoms with E-state index >= 15 is 0 Å². The van der Waals surface area contributed by atoms with E-state index in [4.69, 9.17) is 0 Å². The van der Waals surface area contributed by atoms with E-state index in [1.807, 2.05) is 69.3 Å². The van der Waals surface area contributed by atoms with Crippen molar-refractivity contribution in [3.05, 3.63) is 94.8 Å². The maximum atomic E-state index is 12.6. The number of amides is 2. The summed E-state index contributed by atoms with van der Waals surface area (Å²) in [4.78, 5) is 29.2. The number of rotatable bonds is 5. The van der Waals surface area contributed by atoms with Gasteiger partial charge in [0, 0.05) is 17.4 Å². The number of carbonyl (C=O) groups is 2. The monoisotopic (exact) mass is 373 g/mol. The van der Waals surface area contributed by atoms with Crippen molar-refractivity contribution >= 4 is 17.5 Å². The quantitative estimate of drug-likeness (QED) is 0.694. The summed E-state index contributed by atoms with van der Waals surface area (Å²) < 4.78 is 0. The Balaban J connectivity index is 1.71. The summed E-state index contributed by atoms with van der Waals surface area (Å²) in [5.41, 5.74) is 4.54. The number of benzene rings is 2. The van der Waals surface area contributed by atoms with Crippen LogP contribution in [0.3, 0.4) is 0 Å². The van der Waals surface area contributed by atoms with Gasteiger partial charge in [0.05, 0.1) is 6.04 Å². The molecular formula is C23H23N3O2. The van der Waals surface area contributed by atoms with Gasteiger partial charge in [-0.3, -0.25) is 14.6 Å². The molecule has 0 fully saturated rings. The van der Waals surface area contributed by atoms with Crippen LogP contribution in [0.15, 0.2) is 66.9 Å². The van der Waals surface area contributed by atoms with Crippen molar-refractivity contribution in [2.45, 2.75) is 26.8 Å². The van der Waals surface area contributed by atoms with Crippen LogP contribution in [0.1, 0.15) is 50.5 Å². The molecule has 28 heavy (non-hydrogen) atoms. The van der Waals surface area contributed by atoms with E-state index in [2.05, 4.69) is 15.6 Å². The maximum absolute atomic E-state index is 12.6. The highest BCUT2D eigenvalue weighted by Gasteiger charge is 2.15. The lowest BCUT2D eigenvalue weighted by molar-refractivity contribution is 0.0939. The summed E-state index contributed by atoms with van der Waals surface area (Å²) >= 11 is 0. The van der Waals surface area contributed by atoms with Gasteiger partial charge in [0.2, 0.25) is 0 Å². The summed E-state index contributed by atoms with van der Waals surface area (Å²) in [6.07, 6.45) is 1.47. The van der Waals surface area contributed by atoms with Gasteiger partial charge in [-0.1, -0.05) is 36.4 Å². The van der Waals surface area contributed by atoms with E-state index in [-0.39, 0.29) is 23.6 Å². The van der Waals surface area contributed by atoms with E-state index in [9.17, 15) is 9.59 Å². The van der Waals surface area contributed by atoms with Crippen LogP contribution in [0.2, 0.25) is 0 Å². The van der Waals surface area contributed by atoms with Gasteiger partial charge in [-0.15, -0.1) is 0 Å². The summed E-state index contributed by atoms with van der Waals surface area (Å²) in [6.45, 7) is 5.92. The topological polar surface area (TPSA) is 71.1 Å². The number of nitrogens with one attached hydrogen (secondary N) is 2. The Labute approximate surface area is 164 Å². The minimum atomic E-state index is -0.353. The minimum Gasteiger partial charge on any atom is -0.346 e. The standard InChI is InChI=1S/C23H23N3O2/c1-15-9-10-20(13-16(15)2)26-23(28)21-14-19(11-12-24-21)22(27)25-17(3)18-7-5-4-6-8-18/h4-14,17H,1-3H3,(H,25,27)(H,26,28). The Morgan fingerprint density at radius 2 is 1.64 bits per heavy atom. The lowest BCUT2D eigenvalue weighted by Gasteiger charge is -2.14. The van der Waals surface area contributed by atoms with Crippen molar-refractivity contribution in [1.29, 1.82) is 0 Å². The molecule has 3 rings (SSSR count). The van der Waals surface area contributed by atoms with Gasteiger partial charge in [-0.05, 0) is 61.7 Å². The molecule has 5 heteroatoms. The van der Waals surface area contributed by atoms with Gasteiger partial charge < -0.3 is 10.6 Å². The van der Waals surface area contributed by atoms with Crippen LogP contribution in [0.5, 0.6) is 0 Å². The van der Waals surface area contributed by atoms with Crippen molar-refractivity contribution in [1.82, 2.24) is 10.3 Å². The highest BCUT2D eigenvalue weighted by molar-refractivity contribution is 6.04. The summed E-state index contributed by atoms with van der Waals surface area (Å²) in [6, 6.07) is 18.4. The Hall–Kier alpha value is -3.47. The second kappa shape index (κ2) is 8.48. The normalized spacial score (nSPS) is 11.5. The number of aromatic nitrogens is 1. The first kappa shape index (κ1) is 19.3.